The molecule has 0 radical (unpaired) electrons. The van der Waals surface area contributed by atoms with Gasteiger partial charge >= 0.3 is 0 Å². The van der Waals surface area contributed by atoms with Gasteiger partial charge in [0.1, 0.15) is 0 Å². The van der Waals surface area contributed by atoms with E-state index < -0.39 is 0 Å². The number of hydrogen-bond donors (Lipinski definition) is 1. The van der Waals surface area contributed by atoms with Crippen molar-refractivity contribution in [2.24, 2.45) is 0 Å². The zero-order chi connectivity index (χ0) is 14.8. The number of aromatic nitrogens is 1. The third-order valence-electron chi connectivity index (χ3n) is 3.07. The Bertz CT molecular complexity index is 604. The first kappa shape index (κ1) is 15.5. The molecule has 20 heavy (non-hydrogen) atoms. The topological polar surface area (TPSA) is 24.9 Å². The summed E-state index contributed by atoms with van der Waals surface area (Å²) in [7, 11) is 0. The van der Waals surface area contributed by atoms with Gasteiger partial charge in [-0.05, 0) is 55.0 Å². The van der Waals surface area contributed by atoms with Crippen molar-refractivity contribution in [1.29, 1.82) is 0 Å². The quantitative estimate of drug-likeness (QED) is 0.737. The lowest BCUT2D eigenvalue weighted by atomic mass is 9.86. The van der Waals surface area contributed by atoms with Gasteiger partial charge in [0.05, 0.1) is 12.2 Å². The number of pyridine rings is 1. The van der Waals surface area contributed by atoms with Crippen molar-refractivity contribution in [3.63, 3.8) is 0 Å². The summed E-state index contributed by atoms with van der Waals surface area (Å²) in [6.45, 7) is 7.37. The Morgan fingerprint density at radius 3 is 2.50 bits per heavy atom. The number of para-hydroxylation sites is 1. The van der Waals surface area contributed by atoms with Crippen molar-refractivity contribution in [2.45, 2.75) is 32.7 Å². The average molecular weight is 398 g/mol. The summed E-state index contributed by atoms with van der Waals surface area (Å²) >= 11 is 6.96. The molecule has 0 atom stereocenters. The maximum atomic E-state index is 4.43. The van der Waals surface area contributed by atoms with Crippen molar-refractivity contribution in [3.8, 4) is 0 Å². The van der Waals surface area contributed by atoms with Gasteiger partial charge in [-0.25, -0.2) is 0 Å². The summed E-state index contributed by atoms with van der Waals surface area (Å²) < 4.78 is 1.98. The molecule has 1 heterocycles. The Morgan fingerprint density at radius 1 is 1.15 bits per heavy atom. The van der Waals surface area contributed by atoms with Crippen LogP contribution < -0.4 is 5.32 Å². The highest BCUT2D eigenvalue weighted by atomic mass is 79.9. The van der Waals surface area contributed by atoms with E-state index in [1.165, 1.54) is 5.56 Å². The van der Waals surface area contributed by atoms with Crippen molar-refractivity contribution in [2.75, 3.05) is 5.32 Å². The Labute approximate surface area is 137 Å². The lowest BCUT2D eigenvalue weighted by molar-refractivity contribution is 0.591. The first-order chi connectivity index (χ1) is 9.38. The number of rotatable bonds is 3. The molecule has 2 nitrogen and oxygen atoms in total. The van der Waals surface area contributed by atoms with E-state index in [4.69, 9.17) is 0 Å². The lowest BCUT2D eigenvalue weighted by Gasteiger charge is -2.23. The van der Waals surface area contributed by atoms with E-state index in [1.54, 1.807) is 0 Å². The van der Waals surface area contributed by atoms with Crippen LogP contribution in [0.25, 0.3) is 0 Å². The molecular weight excluding hydrogens is 380 g/mol. The van der Waals surface area contributed by atoms with Gasteiger partial charge < -0.3 is 5.32 Å². The minimum Gasteiger partial charge on any atom is -0.379 e. The molecule has 0 unspecified atom stereocenters. The van der Waals surface area contributed by atoms with Gasteiger partial charge in [0.25, 0.3) is 0 Å². The molecular formula is C16H18Br2N2. The zero-order valence-electron chi connectivity index (χ0n) is 11.9. The average Bonchev–Trinajstić information content (AvgIpc) is 2.37. The predicted molar refractivity (Wildman–Crippen MR) is 92.1 cm³/mol. The second-order valence-corrected chi connectivity index (χ2v) is 7.50. The fourth-order valence-corrected chi connectivity index (χ4v) is 3.17. The summed E-state index contributed by atoms with van der Waals surface area (Å²) in [6, 6.07) is 10.4. The summed E-state index contributed by atoms with van der Waals surface area (Å²) in [5, 5.41) is 3.49. The molecule has 1 N–H and O–H groups in total. The van der Waals surface area contributed by atoms with E-state index in [2.05, 4.69) is 87.2 Å². The number of nitrogens with zero attached hydrogens (tertiary/aromatic N) is 1. The van der Waals surface area contributed by atoms with E-state index >= 15 is 0 Å². The van der Waals surface area contributed by atoms with Crippen molar-refractivity contribution >= 4 is 37.5 Å². The van der Waals surface area contributed by atoms with Crippen LogP contribution in [0.3, 0.4) is 0 Å². The Balaban J connectivity index is 2.19. The number of halogens is 2. The maximum Gasteiger partial charge on any atom is 0.0737 e. The van der Waals surface area contributed by atoms with Crippen molar-refractivity contribution in [3.05, 3.63) is 56.7 Å². The largest absolute Gasteiger partial charge is 0.379 e. The van der Waals surface area contributed by atoms with Crippen LogP contribution in [0.4, 0.5) is 5.69 Å². The molecule has 0 saturated carbocycles. The number of anilines is 1. The van der Waals surface area contributed by atoms with Crippen LogP contribution in [0, 0.1) is 0 Å². The minimum absolute atomic E-state index is 0.119. The molecule has 2 rings (SSSR count). The smallest absolute Gasteiger partial charge is 0.0737 e. The molecule has 106 valence electrons. The summed E-state index contributed by atoms with van der Waals surface area (Å²) in [5.41, 5.74) is 3.59. The van der Waals surface area contributed by atoms with E-state index in [-0.39, 0.29) is 5.41 Å². The van der Waals surface area contributed by atoms with E-state index in [9.17, 15) is 0 Å². The standard InChI is InChI=1S/C16H18Br2N2/c1-16(2,3)12-6-4-5-7-14(12)20-10-15-13(18)8-11(17)9-19-15/h4-9,20H,10H2,1-3H3. The van der Waals surface area contributed by atoms with Crippen LogP contribution in [0.1, 0.15) is 32.0 Å². The van der Waals surface area contributed by atoms with Gasteiger partial charge in [0.2, 0.25) is 0 Å². The summed E-state index contributed by atoms with van der Waals surface area (Å²) in [5.74, 6) is 0. The van der Waals surface area contributed by atoms with Crippen LogP contribution in [-0.2, 0) is 12.0 Å². The normalized spacial score (nSPS) is 11.4. The molecule has 1 aromatic heterocycles. The first-order valence-electron chi connectivity index (χ1n) is 6.51. The molecule has 0 fully saturated rings. The monoisotopic (exact) mass is 396 g/mol. The molecule has 0 spiro atoms. The van der Waals surface area contributed by atoms with Crippen molar-refractivity contribution < 1.29 is 0 Å². The van der Waals surface area contributed by atoms with Gasteiger partial charge in [0, 0.05) is 20.8 Å². The molecule has 1 aromatic carbocycles. The molecule has 0 aliphatic carbocycles. The van der Waals surface area contributed by atoms with Gasteiger partial charge in [0.15, 0.2) is 0 Å². The summed E-state index contributed by atoms with van der Waals surface area (Å²) in [6.07, 6.45) is 1.82. The summed E-state index contributed by atoms with van der Waals surface area (Å²) in [4.78, 5) is 4.43. The second-order valence-electron chi connectivity index (χ2n) is 5.73. The van der Waals surface area contributed by atoms with Gasteiger partial charge in [-0.15, -0.1) is 0 Å². The lowest BCUT2D eigenvalue weighted by Crippen LogP contribution is -2.15. The van der Waals surface area contributed by atoms with Gasteiger partial charge in [-0.3, -0.25) is 4.98 Å². The highest BCUT2D eigenvalue weighted by molar-refractivity contribution is 9.11. The predicted octanol–water partition coefficient (Wildman–Crippen LogP) is 5.52. The van der Waals surface area contributed by atoms with Crippen LogP contribution in [0.15, 0.2) is 45.5 Å². The van der Waals surface area contributed by atoms with Crippen LogP contribution >= 0.6 is 31.9 Å². The molecule has 0 aliphatic heterocycles. The van der Waals surface area contributed by atoms with Crippen LogP contribution in [-0.4, -0.2) is 4.98 Å². The second kappa shape index (κ2) is 6.27. The highest BCUT2D eigenvalue weighted by Gasteiger charge is 2.17. The van der Waals surface area contributed by atoms with Gasteiger partial charge in [-0.1, -0.05) is 39.0 Å². The fourth-order valence-electron chi connectivity index (χ4n) is 2.04. The number of hydrogen-bond acceptors (Lipinski definition) is 2. The van der Waals surface area contributed by atoms with Crippen LogP contribution in [0.2, 0.25) is 0 Å². The van der Waals surface area contributed by atoms with Gasteiger partial charge in [-0.2, -0.15) is 0 Å². The molecule has 0 saturated heterocycles. The SMILES string of the molecule is CC(C)(C)c1ccccc1NCc1ncc(Br)cc1Br. The minimum atomic E-state index is 0.119. The zero-order valence-corrected chi connectivity index (χ0v) is 15.0. The molecule has 0 amide bonds. The maximum absolute atomic E-state index is 4.43. The van der Waals surface area contributed by atoms with Crippen molar-refractivity contribution in [1.82, 2.24) is 4.98 Å². The molecule has 0 aliphatic rings. The Kier molecular flexibility index (Phi) is 4.86. The van der Waals surface area contributed by atoms with E-state index in [0.29, 0.717) is 6.54 Å². The Morgan fingerprint density at radius 2 is 1.85 bits per heavy atom. The van der Waals surface area contributed by atoms with E-state index in [1.807, 2.05) is 12.3 Å². The molecule has 4 heteroatoms. The Hall–Kier alpha value is -0.870. The third kappa shape index (κ3) is 3.83. The molecule has 0 bridgehead atoms. The first-order valence-corrected chi connectivity index (χ1v) is 8.10. The fraction of sp³-hybridized carbons (Fsp3) is 0.312. The van der Waals surface area contributed by atoms with Crippen LogP contribution in [0.5, 0.6) is 0 Å². The number of benzene rings is 1. The van der Waals surface area contributed by atoms with E-state index in [0.717, 1.165) is 20.3 Å². The number of nitrogens with one attached hydrogen (secondary N) is 1. The molecule has 2 aromatic rings. The third-order valence-corrected chi connectivity index (χ3v) is 4.19. The highest BCUT2D eigenvalue weighted by Crippen LogP contribution is 2.30.